The zero-order chi connectivity index (χ0) is 16.6. The number of rotatable bonds is 3. The molecule has 1 aromatic heterocycles. The van der Waals surface area contributed by atoms with E-state index in [-0.39, 0.29) is 6.04 Å². The molecule has 0 aliphatic rings. The Kier molecular flexibility index (Phi) is 4.22. The third-order valence-corrected chi connectivity index (χ3v) is 4.24. The number of nitrogens with two attached hydrogens (primary N) is 1. The predicted molar refractivity (Wildman–Crippen MR) is 99.6 cm³/mol. The molecule has 0 aliphatic carbocycles. The van der Waals surface area contributed by atoms with Gasteiger partial charge in [-0.25, -0.2) is 9.97 Å². The Morgan fingerprint density at radius 2 is 1.87 bits per heavy atom. The maximum Gasteiger partial charge on any atom is 0.138 e. The summed E-state index contributed by atoms with van der Waals surface area (Å²) < 4.78 is 1.01. The van der Waals surface area contributed by atoms with Crippen LogP contribution in [0.15, 0.2) is 40.9 Å². The van der Waals surface area contributed by atoms with E-state index in [2.05, 4.69) is 44.2 Å². The van der Waals surface area contributed by atoms with Crippen LogP contribution in [-0.2, 0) is 0 Å². The fraction of sp³-hybridized carbons (Fsp3) is 0.222. The van der Waals surface area contributed by atoms with Crippen molar-refractivity contribution in [1.82, 2.24) is 9.97 Å². The Balaban J connectivity index is 2.01. The first-order valence-corrected chi connectivity index (χ1v) is 8.29. The second kappa shape index (κ2) is 6.16. The maximum absolute atomic E-state index is 5.97. The number of aromatic nitrogens is 2. The Bertz CT molecular complexity index is 856. The summed E-state index contributed by atoms with van der Waals surface area (Å²) in [5, 5.41) is 4.49. The molecule has 1 atom stereocenters. The van der Waals surface area contributed by atoms with Crippen molar-refractivity contribution in [3.05, 3.63) is 57.8 Å². The molecule has 118 valence electrons. The number of nitrogens with zero attached hydrogens (tertiary/aromatic N) is 2. The standard InChI is InChI=1S/C18H19BrN4/c1-10-6-13(8-15(20)7-10)11(2)21-18-16-9-14(19)4-5-17(16)22-12(3)23-18/h4-9,11H,20H2,1-3H3,(H,21,22,23)/t11-/m1/s1. The number of hydrogen-bond acceptors (Lipinski definition) is 4. The van der Waals surface area contributed by atoms with Gasteiger partial charge in [-0.05, 0) is 62.2 Å². The minimum atomic E-state index is 0.0914. The van der Waals surface area contributed by atoms with E-state index in [0.29, 0.717) is 0 Å². The van der Waals surface area contributed by atoms with Crippen molar-refractivity contribution >= 4 is 38.3 Å². The maximum atomic E-state index is 5.97. The van der Waals surface area contributed by atoms with Crippen molar-refractivity contribution in [2.45, 2.75) is 26.8 Å². The van der Waals surface area contributed by atoms with Crippen LogP contribution in [0.2, 0.25) is 0 Å². The SMILES string of the molecule is Cc1cc(N)cc([C@@H](C)Nc2nc(C)nc3ccc(Br)cc23)c1. The summed E-state index contributed by atoms with van der Waals surface area (Å²) in [6.45, 7) is 6.06. The molecule has 0 fully saturated rings. The van der Waals surface area contributed by atoms with Gasteiger partial charge in [0, 0.05) is 15.5 Å². The van der Waals surface area contributed by atoms with Crippen LogP contribution in [0, 0.1) is 13.8 Å². The Morgan fingerprint density at radius 3 is 2.61 bits per heavy atom. The van der Waals surface area contributed by atoms with Crippen molar-refractivity contribution in [3.8, 4) is 0 Å². The summed E-state index contributed by atoms with van der Waals surface area (Å²) >= 11 is 3.52. The summed E-state index contributed by atoms with van der Waals surface area (Å²) in [5.41, 5.74) is 9.97. The zero-order valence-electron chi connectivity index (χ0n) is 13.4. The summed E-state index contributed by atoms with van der Waals surface area (Å²) in [7, 11) is 0. The molecular weight excluding hydrogens is 352 g/mol. The molecule has 0 saturated carbocycles. The summed E-state index contributed by atoms with van der Waals surface area (Å²) in [6, 6.07) is 12.2. The first-order chi connectivity index (χ1) is 10.9. The van der Waals surface area contributed by atoms with Crippen molar-refractivity contribution in [1.29, 1.82) is 0 Å². The van der Waals surface area contributed by atoms with Gasteiger partial charge in [0.05, 0.1) is 11.6 Å². The van der Waals surface area contributed by atoms with Gasteiger partial charge in [0.15, 0.2) is 0 Å². The normalized spacial score (nSPS) is 12.3. The number of aryl methyl sites for hydroxylation is 2. The smallest absolute Gasteiger partial charge is 0.138 e. The average molecular weight is 371 g/mol. The minimum Gasteiger partial charge on any atom is -0.399 e. The molecule has 4 nitrogen and oxygen atoms in total. The van der Waals surface area contributed by atoms with E-state index in [1.54, 1.807) is 0 Å². The van der Waals surface area contributed by atoms with Crippen molar-refractivity contribution in [3.63, 3.8) is 0 Å². The molecule has 3 rings (SSSR count). The first-order valence-electron chi connectivity index (χ1n) is 7.50. The van der Waals surface area contributed by atoms with Gasteiger partial charge in [0.2, 0.25) is 0 Å². The summed E-state index contributed by atoms with van der Waals surface area (Å²) in [5.74, 6) is 1.58. The van der Waals surface area contributed by atoms with Gasteiger partial charge < -0.3 is 11.1 Å². The highest BCUT2D eigenvalue weighted by Gasteiger charge is 2.12. The molecule has 5 heteroatoms. The fourth-order valence-electron chi connectivity index (χ4n) is 2.71. The molecule has 0 amide bonds. The van der Waals surface area contributed by atoms with Crippen molar-refractivity contribution < 1.29 is 0 Å². The molecule has 0 bridgehead atoms. The molecule has 1 heterocycles. The Morgan fingerprint density at radius 1 is 1.09 bits per heavy atom. The van der Waals surface area contributed by atoms with Gasteiger partial charge in [-0.1, -0.05) is 22.0 Å². The fourth-order valence-corrected chi connectivity index (χ4v) is 3.07. The van der Waals surface area contributed by atoms with Gasteiger partial charge in [-0.15, -0.1) is 0 Å². The van der Waals surface area contributed by atoms with Gasteiger partial charge in [0.1, 0.15) is 11.6 Å². The molecule has 0 radical (unpaired) electrons. The highest BCUT2D eigenvalue weighted by molar-refractivity contribution is 9.10. The second-order valence-corrected chi connectivity index (χ2v) is 6.74. The number of halogens is 1. The van der Waals surface area contributed by atoms with Crippen molar-refractivity contribution in [2.75, 3.05) is 11.1 Å². The van der Waals surface area contributed by atoms with Crippen LogP contribution < -0.4 is 11.1 Å². The molecule has 0 spiro atoms. The zero-order valence-corrected chi connectivity index (χ0v) is 15.0. The van der Waals surface area contributed by atoms with E-state index in [0.717, 1.165) is 43.8 Å². The highest BCUT2D eigenvalue weighted by atomic mass is 79.9. The van der Waals surface area contributed by atoms with Crippen LogP contribution in [-0.4, -0.2) is 9.97 Å². The topological polar surface area (TPSA) is 63.8 Å². The Labute approximate surface area is 144 Å². The van der Waals surface area contributed by atoms with E-state index in [1.807, 2.05) is 44.2 Å². The van der Waals surface area contributed by atoms with E-state index in [4.69, 9.17) is 5.73 Å². The summed E-state index contributed by atoms with van der Waals surface area (Å²) in [4.78, 5) is 9.07. The van der Waals surface area contributed by atoms with Crippen LogP contribution >= 0.6 is 15.9 Å². The van der Waals surface area contributed by atoms with Crippen LogP contribution in [0.4, 0.5) is 11.5 Å². The van der Waals surface area contributed by atoms with E-state index >= 15 is 0 Å². The van der Waals surface area contributed by atoms with Gasteiger partial charge in [-0.3, -0.25) is 0 Å². The molecule has 3 aromatic rings. The van der Waals surface area contributed by atoms with Gasteiger partial charge >= 0.3 is 0 Å². The van der Waals surface area contributed by atoms with Crippen LogP contribution in [0.5, 0.6) is 0 Å². The molecule has 0 saturated heterocycles. The highest BCUT2D eigenvalue weighted by Crippen LogP contribution is 2.28. The monoisotopic (exact) mass is 370 g/mol. The third kappa shape index (κ3) is 3.45. The Hall–Kier alpha value is -2.14. The quantitative estimate of drug-likeness (QED) is 0.652. The van der Waals surface area contributed by atoms with E-state index in [1.165, 1.54) is 0 Å². The lowest BCUT2D eigenvalue weighted by molar-refractivity contribution is 0.871. The third-order valence-electron chi connectivity index (χ3n) is 3.74. The average Bonchev–Trinajstić information content (AvgIpc) is 2.47. The molecule has 3 N–H and O–H groups in total. The molecular formula is C18H19BrN4. The number of anilines is 2. The van der Waals surface area contributed by atoms with Gasteiger partial charge in [-0.2, -0.15) is 0 Å². The second-order valence-electron chi connectivity index (χ2n) is 5.82. The number of nitrogen functional groups attached to an aromatic ring is 1. The largest absolute Gasteiger partial charge is 0.399 e. The van der Waals surface area contributed by atoms with Gasteiger partial charge in [0.25, 0.3) is 0 Å². The first kappa shape index (κ1) is 15.7. The molecule has 0 aliphatic heterocycles. The predicted octanol–water partition coefficient (Wildman–Crippen LogP) is 4.76. The lowest BCUT2D eigenvalue weighted by Gasteiger charge is -2.18. The summed E-state index contributed by atoms with van der Waals surface area (Å²) in [6.07, 6.45) is 0. The lowest BCUT2D eigenvalue weighted by Crippen LogP contribution is -2.10. The number of nitrogens with one attached hydrogen (secondary N) is 1. The molecule has 0 unspecified atom stereocenters. The minimum absolute atomic E-state index is 0.0914. The molecule has 23 heavy (non-hydrogen) atoms. The van der Waals surface area contributed by atoms with E-state index < -0.39 is 0 Å². The lowest BCUT2D eigenvalue weighted by atomic mass is 10.0. The van der Waals surface area contributed by atoms with Crippen LogP contribution in [0.1, 0.15) is 29.9 Å². The van der Waals surface area contributed by atoms with E-state index in [9.17, 15) is 0 Å². The van der Waals surface area contributed by atoms with Crippen LogP contribution in [0.3, 0.4) is 0 Å². The van der Waals surface area contributed by atoms with Crippen molar-refractivity contribution in [2.24, 2.45) is 0 Å². The van der Waals surface area contributed by atoms with Crippen LogP contribution in [0.25, 0.3) is 10.9 Å². The molecule has 2 aromatic carbocycles. The number of fused-ring (bicyclic) bond motifs is 1. The number of benzene rings is 2. The number of hydrogen-bond donors (Lipinski definition) is 2.